The molecule has 1 fully saturated rings. The van der Waals surface area contributed by atoms with E-state index in [1.165, 1.54) is 0 Å². The molecule has 0 aromatic heterocycles. The molecule has 0 radical (unpaired) electrons. The summed E-state index contributed by atoms with van der Waals surface area (Å²) in [6.45, 7) is 2.05. The van der Waals surface area contributed by atoms with Crippen LogP contribution in [0.25, 0.3) is 0 Å². The van der Waals surface area contributed by atoms with Crippen LogP contribution in [0.5, 0.6) is 0 Å². The second kappa shape index (κ2) is 6.24. The number of rotatable bonds is 5. The lowest BCUT2D eigenvalue weighted by Crippen LogP contribution is -2.42. The molecule has 0 aliphatic heterocycles. The first-order chi connectivity index (χ1) is 7.60. The molecule has 0 heterocycles. The lowest BCUT2D eigenvalue weighted by molar-refractivity contribution is -0.154. The zero-order valence-corrected chi connectivity index (χ0v) is 10.2. The van der Waals surface area contributed by atoms with Crippen LogP contribution >= 0.6 is 0 Å². The van der Waals surface area contributed by atoms with E-state index in [0.29, 0.717) is 19.3 Å². The van der Waals surface area contributed by atoms with Crippen molar-refractivity contribution in [3.05, 3.63) is 0 Å². The number of aliphatic hydroxyl groups is 1. The topological polar surface area (TPSA) is 57.5 Å². The minimum absolute atomic E-state index is 0.564. The maximum atomic E-state index is 11.3. The van der Waals surface area contributed by atoms with E-state index in [4.69, 9.17) is 0 Å². The van der Waals surface area contributed by atoms with Crippen molar-refractivity contribution in [3.63, 3.8) is 0 Å². The van der Waals surface area contributed by atoms with Gasteiger partial charge in [0.05, 0.1) is 11.5 Å². The van der Waals surface area contributed by atoms with Crippen LogP contribution in [0.3, 0.4) is 0 Å². The molecule has 3 nitrogen and oxygen atoms in total. The molecule has 1 aliphatic carbocycles. The van der Waals surface area contributed by atoms with Gasteiger partial charge in [0.25, 0.3) is 0 Å². The second-order valence-corrected chi connectivity index (χ2v) is 5.05. The lowest BCUT2D eigenvalue weighted by atomic mass is 9.78. The van der Waals surface area contributed by atoms with Crippen LogP contribution in [0, 0.1) is 5.92 Å². The molecule has 94 valence electrons. The quantitative estimate of drug-likeness (QED) is 0.711. The van der Waals surface area contributed by atoms with E-state index >= 15 is 0 Å². The molecule has 0 amide bonds. The highest BCUT2D eigenvalue weighted by Crippen LogP contribution is 2.36. The Morgan fingerprint density at radius 1 is 1.25 bits per heavy atom. The molecule has 0 spiro atoms. The summed E-state index contributed by atoms with van der Waals surface area (Å²) in [5.74, 6) is -1.39. The molecule has 1 saturated carbocycles. The van der Waals surface area contributed by atoms with Crippen molar-refractivity contribution in [1.82, 2.24) is 0 Å². The fourth-order valence-corrected chi connectivity index (χ4v) is 2.72. The predicted octanol–water partition coefficient (Wildman–Crippen LogP) is 2.96. The summed E-state index contributed by atoms with van der Waals surface area (Å²) in [7, 11) is 0. The van der Waals surface area contributed by atoms with Crippen molar-refractivity contribution in [3.8, 4) is 0 Å². The molecule has 0 bridgehead atoms. The third kappa shape index (κ3) is 3.48. The molecule has 2 N–H and O–H groups in total. The highest BCUT2D eigenvalue weighted by atomic mass is 16.4. The molecule has 1 atom stereocenters. The minimum atomic E-state index is -0.947. The Morgan fingerprint density at radius 3 is 2.25 bits per heavy atom. The van der Waals surface area contributed by atoms with Gasteiger partial charge in [-0.1, -0.05) is 45.4 Å². The fourth-order valence-electron chi connectivity index (χ4n) is 2.72. The monoisotopic (exact) mass is 228 g/mol. The summed E-state index contributed by atoms with van der Waals surface area (Å²) < 4.78 is 0. The van der Waals surface area contributed by atoms with Crippen LogP contribution in [0.2, 0.25) is 0 Å². The first-order valence-corrected chi connectivity index (χ1v) is 6.55. The van der Waals surface area contributed by atoms with Crippen LogP contribution in [-0.2, 0) is 4.79 Å². The Balaban J connectivity index is 2.68. The smallest absolute Gasteiger partial charge is 0.309 e. The van der Waals surface area contributed by atoms with E-state index in [1.54, 1.807) is 0 Å². The van der Waals surface area contributed by atoms with Crippen molar-refractivity contribution in [1.29, 1.82) is 0 Å². The predicted molar refractivity (Wildman–Crippen MR) is 63.3 cm³/mol. The molecule has 0 aromatic carbocycles. The molecule has 1 rings (SSSR count). The van der Waals surface area contributed by atoms with Gasteiger partial charge in [0.15, 0.2) is 0 Å². The van der Waals surface area contributed by atoms with E-state index in [-0.39, 0.29) is 0 Å². The number of aliphatic carboxylic acids is 1. The van der Waals surface area contributed by atoms with Gasteiger partial charge in [0.2, 0.25) is 0 Å². The van der Waals surface area contributed by atoms with Gasteiger partial charge in [-0.15, -0.1) is 0 Å². The third-order valence-electron chi connectivity index (χ3n) is 3.76. The number of carboxylic acids is 1. The number of unbranched alkanes of at least 4 members (excludes halogenated alkanes) is 1. The zero-order valence-electron chi connectivity index (χ0n) is 10.2. The first kappa shape index (κ1) is 13.5. The van der Waals surface area contributed by atoms with Gasteiger partial charge < -0.3 is 10.2 Å². The Hall–Kier alpha value is -0.570. The average Bonchev–Trinajstić information content (AvgIpc) is 2.44. The first-order valence-electron chi connectivity index (χ1n) is 6.55. The highest BCUT2D eigenvalue weighted by molar-refractivity contribution is 5.71. The molecule has 1 unspecified atom stereocenters. The van der Waals surface area contributed by atoms with Crippen molar-refractivity contribution in [2.45, 2.75) is 70.3 Å². The summed E-state index contributed by atoms with van der Waals surface area (Å²) in [6.07, 6.45) is 7.99. The Morgan fingerprint density at radius 2 is 1.81 bits per heavy atom. The number of carboxylic acid groups (broad SMARTS) is 1. The Labute approximate surface area is 97.9 Å². The summed E-state index contributed by atoms with van der Waals surface area (Å²) >= 11 is 0. The zero-order chi connectivity index (χ0) is 12.0. The largest absolute Gasteiger partial charge is 0.481 e. The van der Waals surface area contributed by atoms with E-state index in [2.05, 4.69) is 6.92 Å². The van der Waals surface area contributed by atoms with Crippen LogP contribution in [0.15, 0.2) is 0 Å². The summed E-state index contributed by atoms with van der Waals surface area (Å²) in [5, 5.41) is 19.8. The van der Waals surface area contributed by atoms with Crippen molar-refractivity contribution < 1.29 is 15.0 Å². The standard InChI is InChI=1S/C13H24O3/c1-2-3-8-11(12(14)15)13(16)9-6-4-5-7-10-13/h11,16H,2-10H2,1H3,(H,14,15). The second-order valence-electron chi connectivity index (χ2n) is 5.05. The van der Waals surface area contributed by atoms with Crippen molar-refractivity contribution in [2.75, 3.05) is 0 Å². The van der Waals surface area contributed by atoms with Crippen LogP contribution in [0.4, 0.5) is 0 Å². The van der Waals surface area contributed by atoms with E-state index in [0.717, 1.165) is 38.5 Å². The minimum Gasteiger partial charge on any atom is -0.481 e. The number of carbonyl (C=O) groups is 1. The van der Waals surface area contributed by atoms with Gasteiger partial charge in [-0.2, -0.15) is 0 Å². The maximum absolute atomic E-state index is 11.3. The van der Waals surface area contributed by atoms with E-state index in [1.807, 2.05) is 0 Å². The maximum Gasteiger partial charge on any atom is 0.309 e. The van der Waals surface area contributed by atoms with E-state index in [9.17, 15) is 15.0 Å². The summed E-state index contributed by atoms with van der Waals surface area (Å²) in [5.41, 5.74) is -0.947. The SMILES string of the molecule is CCCCC(C(=O)O)C1(O)CCCCCC1. The fraction of sp³-hybridized carbons (Fsp3) is 0.923. The van der Waals surface area contributed by atoms with Gasteiger partial charge in [0, 0.05) is 0 Å². The van der Waals surface area contributed by atoms with Gasteiger partial charge in [-0.05, 0) is 19.3 Å². The third-order valence-corrected chi connectivity index (χ3v) is 3.76. The summed E-state index contributed by atoms with van der Waals surface area (Å²) in [6, 6.07) is 0. The summed E-state index contributed by atoms with van der Waals surface area (Å²) in [4.78, 5) is 11.3. The van der Waals surface area contributed by atoms with Gasteiger partial charge in [0.1, 0.15) is 0 Å². The van der Waals surface area contributed by atoms with Crippen LogP contribution < -0.4 is 0 Å². The van der Waals surface area contributed by atoms with Crippen molar-refractivity contribution >= 4 is 5.97 Å². The van der Waals surface area contributed by atoms with Crippen LogP contribution in [-0.4, -0.2) is 21.8 Å². The molecule has 16 heavy (non-hydrogen) atoms. The average molecular weight is 228 g/mol. The molecular formula is C13H24O3. The molecule has 1 aliphatic rings. The molecular weight excluding hydrogens is 204 g/mol. The van der Waals surface area contributed by atoms with Crippen molar-refractivity contribution in [2.24, 2.45) is 5.92 Å². The lowest BCUT2D eigenvalue weighted by Gasteiger charge is -2.33. The number of hydrogen-bond donors (Lipinski definition) is 2. The van der Waals surface area contributed by atoms with E-state index < -0.39 is 17.5 Å². The Bertz CT molecular complexity index is 217. The molecule has 0 saturated heterocycles. The highest BCUT2D eigenvalue weighted by Gasteiger charge is 2.40. The van der Waals surface area contributed by atoms with Gasteiger partial charge in [-0.25, -0.2) is 0 Å². The number of hydrogen-bond acceptors (Lipinski definition) is 2. The Kier molecular flexibility index (Phi) is 5.26. The molecule has 0 aromatic rings. The van der Waals surface area contributed by atoms with Crippen LogP contribution in [0.1, 0.15) is 64.7 Å². The van der Waals surface area contributed by atoms with Gasteiger partial charge in [-0.3, -0.25) is 4.79 Å². The van der Waals surface area contributed by atoms with Gasteiger partial charge >= 0.3 is 5.97 Å². The normalized spacial score (nSPS) is 22.4. The molecule has 3 heteroatoms.